The minimum absolute atomic E-state index is 0.305. The molecule has 1 saturated heterocycles. The third-order valence-corrected chi connectivity index (χ3v) is 2.98. The van der Waals surface area contributed by atoms with Crippen molar-refractivity contribution >= 4 is 11.9 Å². The van der Waals surface area contributed by atoms with Gasteiger partial charge in [-0.05, 0) is 32.4 Å². The number of carboxylic acid groups (broad SMARTS) is 1. The predicted molar refractivity (Wildman–Crippen MR) is 60.1 cm³/mol. The lowest BCUT2D eigenvalue weighted by Crippen LogP contribution is -2.40. The first-order valence-electron chi connectivity index (χ1n) is 5.63. The van der Waals surface area contributed by atoms with Crippen LogP contribution < -0.4 is 0 Å². The van der Waals surface area contributed by atoms with Crippen molar-refractivity contribution in [2.75, 3.05) is 33.7 Å². The summed E-state index contributed by atoms with van der Waals surface area (Å²) in [5.41, 5.74) is 0. The van der Waals surface area contributed by atoms with Crippen LogP contribution in [0, 0.1) is 5.92 Å². The molecule has 92 valence electrons. The van der Waals surface area contributed by atoms with E-state index >= 15 is 0 Å². The maximum atomic E-state index is 11.4. The van der Waals surface area contributed by atoms with E-state index in [9.17, 15) is 9.59 Å². The first-order valence-corrected chi connectivity index (χ1v) is 5.63. The summed E-state index contributed by atoms with van der Waals surface area (Å²) in [4.78, 5) is 25.6. The van der Waals surface area contributed by atoms with Crippen molar-refractivity contribution in [3.05, 3.63) is 0 Å². The average Bonchev–Trinajstić information content (AvgIpc) is 2.16. The molecule has 5 heteroatoms. The molecule has 0 aromatic heterocycles. The molecule has 5 nitrogen and oxygen atoms in total. The Labute approximate surface area is 96.0 Å². The Hall–Kier alpha value is -1.10. The van der Waals surface area contributed by atoms with Gasteiger partial charge in [-0.25, -0.2) is 0 Å². The number of carboxylic acids is 1. The molecule has 0 aromatic carbocycles. The second kappa shape index (κ2) is 5.84. The molecular weight excluding hydrogens is 208 g/mol. The molecule has 1 aliphatic heterocycles. The highest BCUT2D eigenvalue weighted by molar-refractivity contribution is 5.93. The predicted octanol–water partition coefficient (Wildman–Crippen LogP) is 0.261. The van der Waals surface area contributed by atoms with Crippen LogP contribution >= 0.6 is 0 Å². The number of carbonyl (C=O) groups excluding carboxylic acids is 1. The van der Waals surface area contributed by atoms with E-state index in [2.05, 4.69) is 11.9 Å². The molecular formula is C11H20N2O3. The van der Waals surface area contributed by atoms with E-state index in [0.717, 1.165) is 25.9 Å². The molecule has 1 fully saturated rings. The first kappa shape index (κ1) is 13.0. The van der Waals surface area contributed by atoms with E-state index in [1.807, 2.05) is 0 Å². The third-order valence-electron chi connectivity index (χ3n) is 2.98. The maximum absolute atomic E-state index is 11.4. The average molecular weight is 228 g/mol. The van der Waals surface area contributed by atoms with Gasteiger partial charge in [0.1, 0.15) is 6.42 Å². The molecule has 16 heavy (non-hydrogen) atoms. The van der Waals surface area contributed by atoms with Crippen LogP contribution in [0.3, 0.4) is 0 Å². The number of hydrogen-bond donors (Lipinski definition) is 1. The van der Waals surface area contributed by atoms with Gasteiger partial charge in [0.25, 0.3) is 0 Å². The van der Waals surface area contributed by atoms with Crippen LogP contribution in [0.5, 0.6) is 0 Å². The molecule has 0 aliphatic carbocycles. The highest BCUT2D eigenvalue weighted by Gasteiger charge is 2.21. The normalized spacial score (nSPS) is 21.8. The highest BCUT2D eigenvalue weighted by Crippen LogP contribution is 2.16. The number of likely N-dealkylation sites (tertiary alicyclic amines) is 1. The molecule has 1 aliphatic rings. The fourth-order valence-corrected chi connectivity index (χ4v) is 2.18. The number of aliphatic carboxylic acids is 1. The lowest BCUT2D eigenvalue weighted by atomic mass is 9.98. The largest absolute Gasteiger partial charge is 0.481 e. The fourth-order valence-electron chi connectivity index (χ4n) is 2.18. The van der Waals surface area contributed by atoms with E-state index in [1.54, 1.807) is 7.05 Å². The SMILES string of the molecule is CN1CCCC(CN(C)C(=O)CC(=O)O)C1. The van der Waals surface area contributed by atoms with Crippen LogP contribution in [-0.4, -0.2) is 60.5 Å². The lowest BCUT2D eigenvalue weighted by Gasteiger charge is -2.32. The van der Waals surface area contributed by atoms with E-state index in [4.69, 9.17) is 5.11 Å². The summed E-state index contributed by atoms with van der Waals surface area (Å²) in [5, 5.41) is 8.52. The number of nitrogens with zero attached hydrogens (tertiary/aromatic N) is 2. The smallest absolute Gasteiger partial charge is 0.312 e. The zero-order valence-electron chi connectivity index (χ0n) is 9.98. The van der Waals surface area contributed by atoms with Gasteiger partial charge >= 0.3 is 5.97 Å². The van der Waals surface area contributed by atoms with Gasteiger partial charge in [0, 0.05) is 20.1 Å². The number of carbonyl (C=O) groups is 2. The van der Waals surface area contributed by atoms with Gasteiger partial charge in [0.2, 0.25) is 5.91 Å². The molecule has 0 spiro atoms. The number of rotatable bonds is 4. The van der Waals surface area contributed by atoms with Crippen LogP contribution in [0.25, 0.3) is 0 Å². The van der Waals surface area contributed by atoms with Crippen molar-refractivity contribution in [3.63, 3.8) is 0 Å². The topological polar surface area (TPSA) is 60.9 Å². The molecule has 0 bridgehead atoms. The van der Waals surface area contributed by atoms with Crippen LogP contribution in [0.2, 0.25) is 0 Å². The second-order valence-corrected chi connectivity index (χ2v) is 4.62. The summed E-state index contributed by atoms with van der Waals surface area (Å²) in [5.74, 6) is -0.889. The van der Waals surface area contributed by atoms with Gasteiger partial charge in [0.05, 0.1) is 0 Å². The van der Waals surface area contributed by atoms with Gasteiger partial charge < -0.3 is 14.9 Å². The minimum atomic E-state index is -1.06. The number of hydrogen-bond acceptors (Lipinski definition) is 3. The monoisotopic (exact) mass is 228 g/mol. The van der Waals surface area contributed by atoms with Crippen molar-refractivity contribution in [2.45, 2.75) is 19.3 Å². The molecule has 0 saturated carbocycles. The quantitative estimate of drug-likeness (QED) is 0.701. The number of amides is 1. The van der Waals surface area contributed by atoms with Gasteiger partial charge in [-0.2, -0.15) is 0 Å². The van der Waals surface area contributed by atoms with Gasteiger partial charge in [-0.15, -0.1) is 0 Å². The Kier molecular flexibility index (Phi) is 4.73. The van der Waals surface area contributed by atoms with Crippen molar-refractivity contribution in [1.82, 2.24) is 9.80 Å². The fraction of sp³-hybridized carbons (Fsp3) is 0.818. The molecule has 0 radical (unpaired) electrons. The van der Waals surface area contributed by atoms with Crippen LogP contribution in [0.4, 0.5) is 0 Å². The molecule has 1 heterocycles. The molecule has 1 rings (SSSR count). The Bertz CT molecular complexity index is 268. The summed E-state index contributed by atoms with van der Waals surface area (Å²) >= 11 is 0. The van der Waals surface area contributed by atoms with E-state index < -0.39 is 12.4 Å². The molecule has 1 amide bonds. The van der Waals surface area contributed by atoms with Crippen molar-refractivity contribution in [2.24, 2.45) is 5.92 Å². The maximum Gasteiger partial charge on any atom is 0.312 e. The summed E-state index contributed by atoms with van der Waals surface area (Å²) in [6.07, 6.45) is 1.87. The molecule has 1 atom stereocenters. The highest BCUT2D eigenvalue weighted by atomic mass is 16.4. The zero-order chi connectivity index (χ0) is 12.1. The van der Waals surface area contributed by atoms with Crippen molar-refractivity contribution in [1.29, 1.82) is 0 Å². The van der Waals surface area contributed by atoms with Gasteiger partial charge in [-0.3, -0.25) is 9.59 Å². The Balaban J connectivity index is 2.35. The molecule has 0 aromatic rings. The molecule has 1 N–H and O–H groups in total. The Morgan fingerprint density at radius 1 is 1.50 bits per heavy atom. The van der Waals surface area contributed by atoms with Gasteiger partial charge in [-0.1, -0.05) is 0 Å². The standard InChI is InChI=1S/C11H20N2O3/c1-12-5-3-4-9(7-12)8-13(2)10(14)6-11(15)16/h9H,3-8H2,1-2H3,(H,15,16). The van der Waals surface area contributed by atoms with Crippen LogP contribution in [0.15, 0.2) is 0 Å². The van der Waals surface area contributed by atoms with E-state index in [0.29, 0.717) is 12.5 Å². The molecule has 1 unspecified atom stereocenters. The van der Waals surface area contributed by atoms with E-state index in [1.165, 1.54) is 4.90 Å². The van der Waals surface area contributed by atoms with Gasteiger partial charge in [0.15, 0.2) is 0 Å². The minimum Gasteiger partial charge on any atom is -0.481 e. The van der Waals surface area contributed by atoms with E-state index in [-0.39, 0.29) is 5.91 Å². The Morgan fingerprint density at radius 3 is 2.75 bits per heavy atom. The summed E-state index contributed by atoms with van der Waals surface area (Å²) < 4.78 is 0. The van der Waals surface area contributed by atoms with Crippen molar-refractivity contribution < 1.29 is 14.7 Å². The summed E-state index contributed by atoms with van der Waals surface area (Å²) in [6, 6.07) is 0. The first-order chi connectivity index (χ1) is 7.49. The summed E-state index contributed by atoms with van der Waals surface area (Å²) in [7, 11) is 3.76. The van der Waals surface area contributed by atoms with Crippen LogP contribution in [-0.2, 0) is 9.59 Å². The van der Waals surface area contributed by atoms with Crippen molar-refractivity contribution in [3.8, 4) is 0 Å². The Morgan fingerprint density at radius 2 is 2.19 bits per heavy atom. The second-order valence-electron chi connectivity index (χ2n) is 4.62. The number of piperidine rings is 1. The van der Waals surface area contributed by atoms with Crippen LogP contribution in [0.1, 0.15) is 19.3 Å². The lowest BCUT2D eigenvalue weighted by molar-refractivity contribution is -0.144. The zero-order valence-corrected chi connectivity index (χ0v) is 9.98. The summed E-state index contributed by atoms with van der Waals surface area (Å²) in [6.45, 7) is 2.77. The third kappa shape index (κ3) is 4.18.